The van der Waals surface area contributed by atoms with E-state index in [-0.39, 0.29) is 18.6 Å². The van der Waals surface area contributed by atoms with Crippen molar-refractivity contribution in [2.45, 2.75) is 52.6 Å². The second kappa shape index (κ2) is 35.1. The van der Waals surface area contributed by atoms with E-state index in [9.17, 15) is 9.90 Å². The van der Waals surface area contributed by atoms with Crippen LogP contribution >= 0.6 is 0 Å². The third kappa shape index (κ3) is 19.5. The predicted molar refractivity (Wildman–Crippen MR) is 333 cm³/mol. The van der Waals surface area contributed by atoms with Gasteiger partial charge in [-0.1, -0.05) is 44.7 Å². The molecule has 23 heteroatoms. The summed E-state index contributed by atoms with van der Waals surface area (Å²) in [6.45, 7) is 19.5. The van der Waals surface area contributed by atoms with E-state index in [4.69, 9.17) is 47.9 Å². The Labute approximate surface area is 499 Å². The smallest absolute Gasteiger partial charge is 0.247 e. The van der Waals surface area contributed by atoms with Crippen molar-refractivity contribution in [1.82, 2.24) is 39.0 Å². The van der Waals surface area contributed by atoms with Crippen molar-refractivity contribution >= 4 is 57.1 Å². The number of aliphatic hydroxyl groups excluding tert-OH is 1. The van der Waals surface area contributed by atoms with Gasteiger partial charge in [-0.25, -0.2) is 19.9 Å². The Kier molecular flexibility index (Phi) is 26.9. The minimum atomic E-state index is -0.336. The lowest BCUT2D eigenvalue weighted by Gasteiger charge is -2.31. The van der Waals surface area contributed by atoms with Gasteiger partial charge >= 0.3 is 0 Å². The summed E-state index contributed by atoms with van der Waals surface area (Å²) in [4.78, 5) is 38.0. The number of aryl methyl sites for hydroxylation is 2. The van der Waals surface area contributed by atoms with Crippen molar-refractivity contribution in [2.75, 3.05) is 166 Å². The number of aromatic nitrogens is 7. The quantitative estimate of drug-likeness (QED) is 0.0213. The molecule has 1 atom stereocenters. The lowest BCUT2D eigenvalue weighted by molar-refractivity contribution is -0.111. The normalized spacial score (nSPS) is 11.8. The van der Waals surface area contributed by atoms with Gasteiger partial charge in [0.15, 0.2) is 5.65 Å². The number of hydrogen-bond acceptors (Lipinski definition) is 20. The fraction of sp³-hybridized carbons (Fsp3) is 0.484. The molecule has 7 rings (SSSR count). The number of carbonyl (C=O) groups is 1. The number of amides is 1. The SMILES string of the molecule is C=CC(=O)Nc1cc(Nc2nccc(-c3cn(C)c4ccccc34)n2)c(OC)cc1N(C)CCN(C)CCOCCOCCOCCOCCOCCOCCOc1ccc(CNc2cc(N(CC)C(CC)CCO)nc3c(CC)cnn23)cn1. The zero-order chi connectivity index (χ0) is 60.2. The largest absolute Gasteiger partial charge is 0.494 e. The molecule has 2 aromatic carbocycles. The van der Waals surface area contributed by atoms with Crippen molar-refractivity contribution < 1.29 is 47.8 Å². The van der Waals surface area contributed by atoms with Crippen LogP contribution in [0.1, 0.15) is 44.7 Å². The number of para-hydroxylation sites is 1. The number of pyridine rings is 1. The number of benzene rings is 2. The number of likely N-dealkylation sites (N-methyl/N-ethyl adjacent to an activating group) is 2. The Hall–Kier alpha value is -7.48. The van der Waals surface area contributed by atoms with Crippen LogP contribution in [-0.2, 0) is 53.2 Å². The molecular formula is C62H87N13O10. The van der Waals surface area contributed by atoms with Crippen LogP contribution in [0.15, 0.2) is 98.1 Å². The van der Waals surface area contributed by atoms with Gasteiger partial charge in [0.05, 0.1) is 115 Å². The summed E-state index contributed by atoms with van der Waals surface area (Å²) in [7, 11) is 7.64. The Balaban J connectivity index is 0.678. The van der Waals surface area contributed by atoms with Crippen molar-refractivity contribution in [2.24, 2.45) is 7.05 Å². The highest BCUT2D eigenvalue weighted by atomic mass is 16.6. The zero-order valence-electron chi connectivity index (χ0n) is 50.6. The molecule has 0 aliphatic rings. The first kappa shape index (κ1) is 65.1. The summed E-state index contributed by atoms with van der Waals surface area (Å²) in [6.07, 6.45) is 11.1. The summed E-state index contributed by atoms with van der Waals surface area (Å²) >= 11 is 0. The first-order chi connectivity index (χ1) is 41.6. The number of methoxy groups -OCH3 is 1. The molecule has 0 saturated heterocycles. The Morgan fingerprint density at radius 3 is 2.12 bits per heavy atom. The van der Waals surface area contributed by atoms with Crippen molar-refractivity contribution in [3.8, 4) is 22.9 Å². The van der Waals surface area contributed by atoms with Crippen LogP contribution in [0.2, 0.25) is 0 Å². The fourth-order valence-corrected chi connectivity index (χ4v) is 9.50. The van der Waals surface area contributed by atoms with Gasteiger partial charge in [-0.3, -0.25) is 4.79 Å². The average molecular weight is 1170 g/mol. The summed E-state index contributed by atoms with van der Waals surface area (Å²) < 4.78 is 49.6. The van der Waals surface area contributed by atoms with Gasteiger partial charge in [-0.2, -0.15) is 9.61 Å². The van der Waals surface area contributed by atoms with E-state index in [0.29, 0.717) is 134 Å². The maximum absolute atomic E-state index is 12.6. The maximum atomic E-state index is 12.6. The molecular weight excluding hydrogens is 1090 g/mol. The van der Waals surface area contributed by atoms with Gasteiger partial charge in [0, 0.05) is 118 Å². The van der Waals surface area contributed by atoms with E-state index in [1.807, 2.05) is 80.4 Å². The van der Waals surface area contributed by atoms with E-state index in [1.165, 1.54) is 6.08 Å². The molecule has 0 aliphatic heterocycles. The van der Waals surface area contributed by atoms with Crippen LogP contribution < -0.4 is 35.2 Å². The van der Waals surface area contributed by atoms with E-state index < -0.39 is 0 Å². The summed E-state index contributed by atoms with van der Waals surface area (Å²) in [5.41, 5.74) is 7.71. The Morgan fingerprint density at radius 2 is 1.48 bits per heavy atom. The third-order valence-corrected chi connectivity index (χ3v) is 14.2. The van der Waals surface area contributed by atoms with Gasteiger partial charge in [-0.15, -0.1) is 0 Å². The number of nitrogens with one attached hydrogen (secondary N) is 3. The summed E-state index contributed by atoms with van der Waals surface area (Å²) in [6, 6.07) is 19.9. The van der Waals surface area contributed by atoms with E-state index in [2.05, 4.69) is 96.0 Å². The van der Waals surface area contributed by atoms with Crippen LogP contribution in [0.5, 0.6) is 11.6 Å². The fourth-order valence-electron chi connectivity index (χ4n) is 9.50. The first-order valence-electron chi connectivity index (χ1n) is 29.3. The molecule has 460 valence electrons. The van der Waals surface area contributed by atoms with Crippen LogP contribution in [0.3, 0.4) is 0 Å². The minimum Gasteiger partial charge on any atom is -0.494 e. The highest BCUT2D eigenvalue weighted by Gasteiger charge is 2.21. The molecule has 1 unspecified atom stereocenters. The molecule has 5 heterocycles. The van der Waals surface area contributed by atoms with E-state index in [1.54, 1.807) is 19.5 Å². The topological polar surface area (TPSA) is 231 Å². The van der Waals surface area contributed by atoms with Crippen LogP contribution in [0, 0.1) is 0 Å². The van der Waals surface area contributed by atoms with Crippen LogP contribution in [0.4, 0.5) is 34.6 Å². The number of carbonyl (C=O) groups excluding carboxylic acids is 1. The molecule has 0 aliphatic carbocycles. The zero-order valence-corrected chi connectivity index (χ0v) is 50.6. The molecule has 0 spiro atoms. The number of fused-ring (bicyclic) bond motifs is 2. The Bertz CT molecular complexity index is 3120. The molecule has 1 amide bonds. The number of ether oxygens (including phenoxy) is 8. The molecule has 0 fully saturated rings. The summed E-state index contributed by atoms with van der Waals surface area (Å²) in [5, 5.41) is 25.2. The first-order valence-corrected chi connectivity index (χ1v) is 29.3. The molecule has 23 nitrogen and oxygen atoms in total. The predicted octanol–water partition coefficient (Wildman–Crippen LogP) is 7.66. The molecule has 5 aromatic heterocycles. The van der Waals surface area contributed by atoms with E-state index in [0.717, 1.165) is 88.7 Å². The molecule has 0 saturated carbocycles. The van der Waals surface area contributed by atoms with Gasteiger partial charge in [0.1, 0.15) is 24.0 Å². The van der Waals surface area contributed by atoms with Gasteiger partial charge in [0.25, 0.3) is 0 Å². The monoisotopic (exact) mass is 1170 g/mol. The maximum Gasteiger partial charge on any atom is 0.247 e. The number of anilines is 6. The standard InChI is InChI=1S/C62H87N13O10/c1-9-47-44-66-75-57(41-58(70-61(47)75)74(12-4)48(10-2)20-25-76)64-42-46-17-18-60(65-43-46)85-38-37-84-36-35-83-34-33-82-32-31-81-30-29-80-28-27-79-26-24-71(5)22-23-72(6)55-40-56(78-8)53(39-52(55)67-59(77)11-3)69-62-63-21-19-51(68-62)50-45-73(7)54-16-14-13-15-49(50)54/h11,13-19,21,39-41,43-45,48,64,76H,3,9-10,12,20,22-38,42H2,1-2,4-8H3,(H,67,77)(H,63,68,69). The van der Waals surface area contributed by atoms with Crippen molar-refractivity contribution in [3.05, 3.63) is 109 Å². The van der Waals surface area contributed by atoms with E-state index >= 15 is 0 Å². The average Bonchev–Trinajstić information content (AvgIpc) is 4.22. The van der Waals surface area contributed by atoms with Crippen LogP contribution in [0.25, 0.3) is 27.8 Å². The number of hydrogen-bond donors (Lipinski definition) is 4. The lowest BCUT2D eigenvalue weighted by atomic mass is 10.1. The van der Waals surface area contributed by atoms with Crippen LogP contribution in [-0.4, -0.2) is 196 Å². The molecule has 85 heavy (non-hydrogen) atoms. The second-order valence-corrected chi connectivity index (χ2v) is 20.0. The number of nitrogens with zero attached hydrogens (tertiary/aromatic N) is 10. The molecule has 0 bridgehead atoms. The molecule has 4 N–H and O–H groups in total. The third-order valence-electron chi connectivity index (χ3n) is 14.2. The number of aliphatic hydroxyl groups is 1. The van der Waals surface area contributed by atoms with Crippen molar-refractivity contribution in [1.29, 1.82) is 0 Å². The van der Waals surface area contributed by atoms with Gasteiger partial charge < -0.3 is 78.2 Å². The summed E-state index contributed by atoms with van der Waals surface area (Å²) in [5.74, 6) is 2.83. The highest BCUT2D eigenvalue weighted by molar-refractivity contribution is 6.02. The second-order valence-electron chi connectivity index (χ2n) is 20.0. The number of rotatable bonds is 42. The van der Waals surface area contributed by atoms with Gasteiger partial charge in [-0.05, 0) is 63.1 Å². The lowest BCUT2D eigenvalue weighted by Crippen LogP contribution is -2.36. The molecule has 7 aromatic rings. The van der Waals surface area contributed by atoms with Crippen molar-refractivity contribution in [3.63, 3.8) is 0 Å². The molecule has 0 radical (unpaired) electrons. The van der Waals surface area contributed by atoms with Gasteiger partial charge in [0.2, 0.25) is 17.7 Å². The highest BCUT2D eigenvalue weighted by Crippen LogP contribution is 2.38. The Morgan fingerprint density at radius 1 is 0.788 bits per heavy atom. The minimum absolute atomic E-state index is 0.133.